The zero-order valence-corrected chi connectivity index (χ0v) is 11.4. The van der Waals surface area contributed by atoms with E-state index >= 15 is 0 Å². The number of benzene rings is 1. The Bertz CT molecular complexity index is 482. The van der Waals surface area contributed by atoms with Gasteiger partial charge in [0.25, 0.3) is 0 Å². The Balaban J connectivity index is 2.71. The van der Waals surface area contributed by atoms with Crippen LogP contribution in [-0.4, -0.2) is 35.2 Å². The number of amides is 2. The predicted octanol–water partition coefficient (Wildman–Crippen LogP) is 2.40. The summed E-state index contributed by atoms with van der Waals surface area (Å²) in [5.41, 5.74) is -0.226. The number of anilines is 1. The van der Waals surface area contributed by atoms with Crippen molar-refractivity contribution in [1.29, 1.82) is 0 Å². The van der Waals surface area contributed by atoms with Crippen LogP contribution in [0.1, 0.15) is 17.3 Å². The number of urea groups is 1. The molecule has 104 valence electrons. The molecule has 1 aromatic carbocycles. The van der Waals surface area contributed by atoms with Crippen molar-refractivity contribution >= 4 is 29.4 Å². The molecular weight excluding hydrogens is 271 g/mol. The van der Waals surface area contributed by atoms with Gasteiger partial charge in [-0.2, -0.15) is 11.8 Å². The van der Waals surface area contributed by atoms with Crippen LogP contribution in [0.4, 0.5) is 14.9 Å². The number of carboxylic acid groups (broad SMARTS) is 1. The highest BCUT2D eigenvalue weighted by Crippen LogP contribution is 2.17. The molecular formula is C12H15FN2O3S. The Morgan fingerprint density at radius 2 is 2.16 bits per heavy atom. The molecule has 0 spiro atoms. The molecule has 0 saturated heterocycles. The fraction of sp³-hybridized carbons (Fsp3) is 0.333. The van der Waals surface area contributed by atoms with Crippen LogP contribution in [0.5, 0.6) is 0 Å². The van der Waals surface area contributed by atoms with Crippen LogP contribution in [0.3, 0.4) is 0 Å². The molecule has 1 unspecified atom stereocenters. The second-order valence-electron chi connectivity index (χ2n) is 3.88. The molecule has 2 amide bonds. The molecule has 1 atom stereocenters. The van der Waals surface area contributed by atoms with Gasteiger partial charge in [-0.25, -0.2) is 14.0 Å². The van der Waals surface area contributed by atoms with Gasteiger partial charge in [-0.05, 0) is 24.5 Å². The van der Waals surface area contributed by atoms with E-state index in [0.717, 1.165) is 12.1 Å². The van der Waals surface area contributed by atoms with Crippen molar-refractivity contribution < 1.29 is 19.1 Å². The highest BCUT2D eigenvalue weighted by molar-refractivity contribution is 7.99. The molecule has 0 aliphatic rings. The predicted molar refractivity (Wildman–Crippen MR) is 73.4 cm³/mol. The van der Waals surface area contributed by atoms with Gasteiger partial charge in [-0.3, -0.25) is 0 Å². The molecule has 0 saturated carbocycles. The maximum Gasteiger partial charge on any atom is 0.337 e. The zero-order valence-electron chi connectivity index (χ0n) is 10.6. The molecule has 0 fully saturated rings. The molecule has 0 aliphatic carbocycles. The smallest absolute Gasteiger partial charge is 0.337 e. The molecule has 0 aliphatic heterocycles. The van der Waals surface area contributed by atoms with E-state index in [2.05, 4.69) is 10.6 Å². The standard InChI is InChI=1S/C12H15FN2O3S/c1-7(19-2)6-14-12(18)15-10-4-3-8(13)5-9(10)11(16)17/h3-5,7H,6H2,1-2H3,(H,16,17)(H2,14,15,18). The lowest BCUT2D eigenvalue weighted by Gasteiger charge is -2.12. The van der Waals surface area contributed by atoms with E-state index in [1.165, 1.54) is 6.07 Å². The van der Waals surface area contributed by atoms with E-state index in [0.29, 0.717) is 6.54 Å². The number of halogens is 1. The Morgan fingerprint density at radius 3 is 2.74 bits per heavy atom. The van der Waals surface area contributed by atoms with E-state index < -0.39 is 17.8 Å². The van der Waals surface area contributed by atoms with Gasteiger partial charge in [0, 0.05) is 11.8 Å². The summed E-state index contributed by atoms with van der Waals surface area (Å²) in [7, 11) is 0. The van der Waals surface area contributed by atoms with Crippen molar-refractivity contribution in [1.82, 2.24) is 5.32 Å². The maximum absolute atomic E-state index is 13.0. The van der Waals surface area contributed by atoms with Crippen molar-refractivity contribution in [3.63, 3.8) is 0 Å². The number of hydrogen-bond acceptors (Lipinski definition) is 3. The van der Waals surface area contributed by atoms with Crippen molar-refractivity contribution in [2.75, 3.05) is 18.1 Å². The van der Waals surface area contributed by atoms with Crippen LogP contribution < -0.4 is 10.6 Å². The van der Waals surface area contributed by atoms with Gasteiger partial charge >= 0.3 is 12.0 Å². The third kappa shape index (κ3) is 4.78. The van der Waals surface area contributed by atoms with Crippen LogP contribution >= 0.6 is 11.8 Å². The van der Waals surface area contributed by atoms with Crippen molar-refractivity contribution in [2.45, 2.75) is 12.2 Å². The van der Waals surface area contributed by atoms with Crippen molar-refractivity contribution in [3.05, 3.63) is 29.6 Å². The second-order valence-corrected chi connectivity index (χ2v) is 5.15. The zero-order chi connectivity index (χ0) is 14.4. The lowest BCUT2D eigenvalue weighted by molar-refractivity contribution is 0.0697. The third-order valence-electron chi connectivity index (χ3n) is 2.41. The fourth-order valence-electron chi connectivity index (χ4n) is 1.29. The van der Waals surface area contributed by atoms with Crippen LogP contribution in [0.25, 0.3) is 0 Å². The highest BCUT2D eigenvalue weighted by atomic mass is 32.2. The van der Waals surface area contributed by atoms with Gasteiger partial charge in [0.2, 0.25) is 0 Å². The van der Waals surface area contributed by atoms with Crippen molar-refractivity contribution in [3.8, 4) is 0 Å². The SMILES string of the molecule is CSC(C)CNC(=O)Nc1ccc(F)cc1C(=O)O. The highest BCUT2D eigenvalue weighted by Gasteiger charge is 2.13. The number of carbonyl (C=O) groups excluding carboxylic acids is 1. The van der Waals surface area contributed by atoms with Crippen LogP contribution in [0.2, 0.25) is 0 Å². The summed E-state index contributed by atoms with van der Waals surface area (Å²) in [6.07, 6.45) is 1.92. The number of rotatable bonds is 5. The lowest BCUT2D eigenvalue weighted by atomic mass is 10.2. The van der Waals surface area contributed by atoms with Crippen LogP contribution in [0, 0.1) is 5.82 Å². The summed E-state index contributed by atoms with van der Waals surface area (Å²) in [5, 5.41) is 14.2. The number of thioether (sulfide) groups is 1. The number of nitrogens with one attached hydrogen (secondary N) is 2. The first-order valence-electron chi connectivity index (χ1n) is 5.54. The molecule has 0 heterocycles. The van der Waals surface area contributed by atoms with E-state index in [4.69, 9.17) is 5.11 Å². The van der Waals surface area contributed by atoms with Gasteiger partial charge in [0.05, 0.1) is 11.3 Å². The third-order valence-corrected chi connectivity index (χ3v) is 3.38. The van der Waals surface area contributed by atoms with Gasteiger partial charge in [-0.15, -0.1) is 0 Å². The van der Waals surface area contributed by atoms with E-state index in [1.807, 2.05) is 13.2 Å². The Morgan fingerprint density at radius 1 is 1.47 bits per heavy atom. The average molecular weight is 286 g/mol. The quantitative estimate of drug-likeness (QED) is 0.776. The Labute approximate surface area is 114 Å². The summed E-state index contributed by atoms with van der Waals surface area (Å²) in [6, 6.07) is 2.65. The van der Waals surface area contributed by atoms with Crippen LogP contribution in [0.15, 0.2) is 18.2 Å². The summed E-state index contributed by atoms with van der Waals surface area (Å²) in [5.74, 6) is -1.97. The molecule has 5 nitrogen and oxygen atoms in total. The first-order valence-corrected chi connectivity index (χ1v) is 6.83. The minimum absolute atomic E-state index is 0.0585. The minimum atomic E-state index is -1.30. The molecule has 0 bridgehead atoms. The van der Waals surface area contributed by atoms with Gasteiger partial charge in [0.15, 0.2) is 0 Å². The van der Waals surface area contributed by atoms with Crippen molar-refractivity contribution in [2.24, 2.45) is 0 Å². The summed E-state index contributed by atoms with van der Waals surface area (Å²) >= 11 is 1.60. The molecule has 1 aromatic rings. The number of aromatic carboxylic acids is 1. The minimum Gasteiger partial charge on any atom is -0.478 e. The summed E-state index contributed by atoms with van der Waals surface area (Å²) < 4.78 is 13.0. The number of hydrogen-bond donors (Lipinski definition) is 3. The normalized spacial score (nSPS) is 11.7. The van der Waals surface area contributed by atoms with Gasteiger partial charge in [-0.1, -0.05) is 6.92 Å². The summed E-state index contributed by atoms with van der Waals surface area (Å²) in [4.78, 5) is 22.5. The molecule has 0 aromatic heterocycles. The Kier molecular flexibility index (Phi) is 5.62. The Hall–Kier alpha value is -1.76. The first kappa shape index (κ1) is 15.3. The van der Waals surface area contributed by atoms with Crippen LogP contribution in [-0.2, 0) is 0 Å². The fourth-order valence-corrected chi connectivity index (χ4v) is 1.54. The van der Waals surface area contributed by atoms with E-state index in [9.17, 15) is 14.0 Å². The molecule has 1 rings (SSSR count). The second kappa shape index (κ2) is 6.98. The monoisotopic (exact) mass is 286 g/mol. The average Bonchev–Trinajstić information content (AvgIpc) is 2.37. The number of carbonyl (C=O) groups is 2. The largest absolute Gasteiger partial charge is 0.478 e. The molecule has 0 radical (unpaired) electrons. The van der Waals surface area contributed by atoms with Gasteiger partial charge in [0.1, 0.15) is 5.82 Å². The molecule has 19 heavy (non-hydrogen) atoms. The molecule has 7 heteroatoms. The topological polar surface area (TPSA) is 78.4 Å². The lowest BCUT2D eigenvalue weighted by Crippen LogP contribution is -2.33. The number of carboxylic acids is 1. The maximum atomic E-state index is 13.0. The van der Waals surface area contributed by atoms with E-state index in [1.54, 1.807) is 11.8 Å². The first-order chi connectivity index (χ1) is 8.93. The van der Waals surface area contributed by atoms with Gasteiger partial charge < -0.3 is 15.7 Å². The molecule has 3 N–H and O–H groups in total. The summed E-state index contributed by atoms with van der Waals surface area (Å²) in [6.45, 7) is 2.40. The van der Waals surface area contributed by atoms with E-state index in [-0.39, 0.29) is 16.5 Å².